The van der Waals surface area contributed by atoms with Gasteiger partial charge in [0.25, 0.3) is 0 Å². The fourth-order valence-corrected chi connectivity index (χ4v) is 3.99. The van der Waals surface area contributed by atoms with Gasteiger partial charge in [0.2, 0.25) is 5.91 Å². The van der Waals surface area contributed by atoms with Crippen LogP contribution in [-0.2, 0) is 17.9 Å². The molecular formula is C24H20ClFN4OS. The van der Waals surface area contributed by atoms with Gasteiger partial charge in [0.05, 0.1) is 12.3 Å². The van der Waals surface area contributed by atoms with Crippen molar-refractivity contribution >= 4 is 29.3 Å². The molecule has 0 saturated heterocycles. The quantitative estimate of drug-likeness (QED) is 0.363. The lowest BCUT2D eigenvalue weighted by Gasteiger charge is -2.11. The van der Waals surface area contributed by atoms with Gasteiger partial charge in [0.15, 0.2) is 11.0 Å². The molecule has 0 bridgehead atoms. The van der Waals surface area contributed by atoms with Gasteiger partial charge in [0.1, 0.15) is 5.82 Å². The van der Waals surface area contributed by atoms with Crippen molar-refractivity contribution in [1.82, 2.24) is 20.1 Å². The number of aromatic nitrogens is 3. The van der Waals surface area contributed by atoms with Crippen molar-refractivity contribution in [3.63, 3.8) is 0 Å². The summed E-state index contributed by atoms with van der Waals surface area (Å²) in [4.78, 5) is 12.4. The van der Waals surface area contributed by atoms with Crippen molar-refractivity contribution in [2.24, 2.45) is 0 Å². The Bertz CT molecular complexity index is 1180. The number of benzene rings is 3. The van der Waals surface area contributed by atoms with Crippen LogP contribution in [0.1, 0.15) is 11.1 Å². The highest BCUT2D eigenvalue weighted by atomic mass is 35.5. The average molecular weight is 467 g/mol. The number of halogens is 2. The normalized spacial score (nSPS) is 10.8. The van der Waals surface area contributed by atoms with Gasteiger partial charge in [-0.2, -0.15) is 0 Å². The summed E-state index contributed by atoms with van der Waals surface area (Å²) in [6.07, 6.45) is 0. The third-order valence-corrected chi connectivity index (χ3v) is 5.96. The minimum atomic E-state index is -0.301. The molecule has 0 radical (unpaired) electrons. The van der Waals surface area contributed by atoms with E-state index in [1.54, 1.807) is 12.1 Å². The van der Waals surface area contributed by atoms with E-state index in [0.29, 0.717) is 29.1 Å². The van der Waals surface area contributed by atoms with Crippen molar-refractivity contribution in [2.45, 2.75) is 18.2 Å². The SMILES string of the molecule is O=C(CSc1nnc(-c2ccc(Cl)cc2)n1Cc1ccccc1)NCc1ccc(F)cc1. The Hall–Kier alpha value is -3.16. The van der Waals surface area contributed by atoms with Gasteiger partial charge in [-0.1, -0.05) is 65.8 Å². The summed E-state index contributed by atoms with van der Waals surface area (Å²) in [6, 6.07) is 23.5. The second kappa shape index (κ2) is 10.4. The smallest absolute Gasteiger partial charge is 0.230 e. The number of hydrogen-bond donors (Lipinski definition) is 1. The van der Waals surface area contributed by atoms with E-state index in [2.05, 4.69) is 15.5 Å². The molecule has 0 saturated carbocycles. The number of carbonyl (C=O) groups is 1. The standard InChI is InChI=1S/C24H20ClFN4OS/c25-20-10-8-19(9-11-20)23-28-29-24(30(23)15-18-4-2-1-3-5-18)32-16-22(31)27-14-17-6-12-21(26)13-7-17/h1-13H,14-16H2,(H,27,31). The number of hydrogen-bond acceptors (Lipinski definition) is 4. The highest BCUT2D eigenvalue weighted by Gasteiger charge is 2.16. The molecule has 4 aromatic rings. The Morgan fingerprint density at radius 1 is 0.938 bits per heavy atom. The van der Waals surface area contributed by atoms with Crippen molar-refractivity contribution in [2.75, 3.05) is 5.75 Å². The predicted octanol–water partition coefficient (Wildman–Crippen LogP) is 5.19. The lowest BCUT2D eigenvalue weighted by Crippen LogP contribution is -2.24. The van der Waals surface area contributed by atoms with Crippen molar-refractivity contribution in [1.29, 1.82) is 0 Å². The first-order valence-corrected chi connectivity index (χ1v) is 11.3. The Morgan fingerprint density at radius 3 is 2.38 bits per heavy atom. The first-order valence-electron chi connectivity index (χ1n) is 9.95. The Labute approximate surface area is 194 Å². The van der Waals surface area contributed by atoms with E-state index in [9.17, 15) is 9.18 Å². The number of nitrogens with zero attached hydrogens (tertiary/aromatic N) is 3. The van der Waals surface area contributed by atoms with Crippen molar-refractivity contribution in [3.8, 4) is 11.4 Å². The summed E-state index contributed by atoms with van der Waals surface area (Å²) in [7, 11) is 0. The first-order chi connectivity index (χ1) is 15.6. The lowest BCUT2D eigenvalue weighted by molar-refractivity contribution is -0.118. The van der Waals surface area contributed by atoms with Crippen LogP contribution in [-0.4, -0.2) is 26.4 Å². The van der Waals surface area contributed by atoms with E-state index < -0.39 is 0 Å². The monoisotopic (exact) mass is 466 g/mol. The van der Waals surface area contributed by atoms with Gasteiger partial charge < -0.3 is 5.32 Å². The van der Waals surface area contributed by atoms with E-state index >= 15 is 0 Å². The minimum Gasteiger partial charge on any atom is -0.351 e. The maximum atomic E-state index is 13.0. The van der Waals surface area contributed by atoms with Crippen LogP contribution in [0.2, 0.25) is 5.02 Å². The molecule has 1 N–H and O–H groups in total. The van der Waals surface area contributed by atoms with E-state index in [0.717, 1.165) is 16.7 Å². The molecule has 1 heterocycles. The molecule has 0 aliphatic rings. The van der Waals surface area contributed by atoms with Crippen LogP contribution in [0.3, 0.4) is 0 Å². The summed E-state index contributed by atoms with van der Waals surface area (Å²) in [6.45, 7) is 0.914. The first kappa shape index (κ1) is 22.0. The van der Waals surface area contributed by atoms with E-state index in [-0.39, 0.29) is 17.5 Å². The molecule has 0 atom stereocenters. The molecule has 162 valence electrons. The van der Waals surface area contributed by atoms with Gasteiger partial charge in [-0.3, -0.25) is 9.36 Å². The van der Waals surface area contributed by atoms with Crippen LogP contribution in [0.15, 0.2) is 84.0 Å². The van der Waals surface area contributed by atoms with E-state index in [1.165, 1.54) is 23.9 Å². The zero-order chi connectivity index (χ0) is 22.3. The van der Waals surface area contributed by atoms with Crippen LogP contribution < -0.4 is 5.32 Å². The highest BCUT2D eigenvalue weighted by molar-refractivity contribution is 7.99. The summed E-state index contributed by atoms with van der Waals surface area (Å²) in [5.74, 6) is 0.459. The van der Waals surface area contributed by atoms with Crippen molar-refractivity contribution < 1.29 is 9.18 Å². The third kappa shape index (κ3) is 5.75. The number of carbonyl (C=O) groups excluding carboxylic acids is 1. The second-order valence-electron chi connectivity index (χ2n) is 7.08. The van der Waals surface area contributed by atoms with Gasteiger partial charge >= 0.3 is 0 Å². The van der Waals surface area contributed by atoms with Crippen LogP contribution >= 0.6 is 23.4 Å². The number of nitrogens with one attached hydrogen (secondary N) is 1. The van der Waals surface area contributed by atoms with Crippen LogP contribution in [0.25, 0.3) is 11.4 Å². The number of amides is 1. The lowest BCUT2D eigenvalue weighted by atomic mass is 10.2. The Balaban J connectivity index is 1.48. The molecule has 1 amide bonds. The predicted molar refractivity (Wildman–Crippen MR) is 125 cm³/mol. The fraction of sp³-hybridized carbons (Fsp3) is 0.125. The molecule has 0 spiro atoms. The molecule has 4 rings (SSSR count). The number of thioether (sulfide) groups is 1. The molecule has 0 aliphatic carbocycles. The largest absolute Gasteiger partial charge is 0.351 e. The van der Waals surface area contributed by atoms with E-state index in [4.69, 9.17) is 11.6 Å². The molecule has 8 heteroatoms. The van der Waals surface area contributed by atoms with Crippen LogP contribution in [0.5, 0.6) is 0 Å². The Kier molecular flexibility index (Phi) is 7.19. The maximum Gasteiger partial charge on any atom is 0.230 e. The highest BCUT2D eigenvalue weighted by Crippen LogP contribution is 2.26. The van der Waals surface area contributed by atoms with Crippen LogP contribution in [0, 0.1) is 5.82 Å². The minimum absolute atomic E-state index is 0.137. The van der Waals surface area contributed by atoms with Crippen LogP contribution in [0.4, 0.5) is 4.39 Å². The van der Waals surface area contributed by atoms with E-state index in [1.807, 2.05) is 59.2 Å². The summed E-state index contributed by atoms with van der Waals surface area (Å²) < 4.78 is 15.0. The van der Waals surface area contributed by atoms with Crippen molar-refractivity contribution in [3.05, 3.63) is 101 Å². The molecule has 3 aromatic carbocycles. The molecule has 32 heavy (non-hydrogen) atoms. The summed E-state index contributed by atoms with van der Waals surface area (Å²) in [5.41, 5.74) is 2.83. The molecule has 0 aliphatic heterocycles. The zero-order valence-electron chi connectivity index (χ0n) is 17.0. The second-order valence-corrected chi connectivity index (χ2v) is 8.46. The molecule has 5 nitrogen and oxygen atoms in total. The average Bonchev–Trinajstić information content (AvgIpc) is 3.21. The molecular weight excluding hydrogens is 447 g/mol. The van der Waals surface area contributed by atoms with Gasteiger partial charge in [-0.25, -0.2) is 4.39 Å². The topological polar surface area (TPSA) is 59.8 Å². The van der Waals surface area contributed by atoms with Gasteiger partial charge in [0, 0.05) is 17.1 Å². The third-order valence-electron chi connectivity index (χ3n) is 4.74. The molecule has 0 unspecified atom stereocenters. The number of rotatable bonds is 8. The summed E-state index contributed by atoms with van der Waals surface area (Å²) >= 11 is 7.35. The molecule has 1 aromatic heterocycles. The Morgan fingerprint density at radius 2 is 1.66 bits per heavy atom. The maximum absolute atomic E-state index is 13.0. The summed E-state index contributed by atoms with van der Waals surface area (Å²) in [5, 5.41) is 12.9. The zero-order valence-corrected chi connectivity index (χ0v) is 18.6. The fourth-order valence-electron chi connectivity index (χ4n) is 3.10. The van der Waals surface area contributed by atoms with Gasteiger partial charge in [-0.05, 0) is 47.5 Å². The molecule has 0 fully saturated rings. The van der Waals surface area contributed by atoms with Gasteiger partial charge in [-0.15, -0.1) is 10.2 Å².